The van der Waals surface area contributed by atoms with Crippen LogP contribution in [0.2, 0.25) is 0 Å². The Bertz CT molecular complexity index is 604. The van der Waals surface area contributed by atoms with Crippen LogP contribution in [0.15, 0.2) is 40.9 Å². The number of amides is 1. The van der Waals surface area contributed by atoms with Crippen LogP contribution in [-0.4, -0.2) is 10.9 Å². The van der Waals surface area contributed by atoms with Crippen molar-refractivity contribution in [2.45, 2.75) is 0 Å². The van der Waals surface area contributed by atoms with Gasteiger partial charge in [-0.3, -0.25) is 4.79 Å². The number of anilines is 1. The normalized spacial score (nSPS) is 10.2. The molecule has 2 aromatic rings. The van der Waals surface area contributed by atoms with E-state index in [4.69, 9.17) is 0 Å². The molecule has 0 bridgehead atoms. The summed E-state index contributed by atoms with van der Waals surface area (Å²) in [6.45, 7) is 0. The zero-order valence-electron chi connectivity index (χ0n) is 8.95. The van der Waals surface area contributed by atoms with Gasteiger partial charge >= 0.3 is 0 Å². The summed E-state index contributed by atoms with van der Waals surface area (Å²) in [5.41, 5.74) is 0.112. The molecule has 1 amide bonds. The number of carbonyl (C=O) groups is 1. The van der Waals surface area contributed by atoms with E-state index in [1.807, 2.05) is 0 Å². The number of rotatable bonds is 2. The van der Waals surface area contributed by atoms with Gasteiger partial charge in [0.25, 0.3) is 5.91 Å². The molecule has 0 saturated carbocycles. The summed E-state index contributed by atoms with van der Waals surface area (Å²) in [4.78, 5) is 15.3. The number of pyridine rings is 1. The smallest absolute Gasteiger partial charge is 0.258 e. The van der Waals surface area contributed by atoms with Crippen molar-refractivity contribution in [2.24, 2.45) is 0 Å². The molecule has 2 rings (SSSR count). The van der Waals surface area contributed by atoms with Crippen molar-refractivity contribution in [2.75, 3.05) is 5.32 Å². The van der Waals surface area contributed by atoms with Crippen LogP contribution in [0.1, 0.15) is 10.4 Å². The molecule has 0 atom stereocenters. The highest BCUT2D eigenvalue weighted by Gasteiger charge is 2.12. The first-order chi connectivity index (χ1) is 8.56. The lowest BCUT2D eigenvalue weighted by atomic mass is 10.2. The van der Waals surface area contributed by atoms with Crippen LogP contribution in [-0.2, 0) is 0 Å². The number of hydrogen-bond donors (Lipinski definition) is 1. The zero-order valence-corrected chi connectivity index (χ0v) is 10.5. The predicted octanol–water partition coefficient (Wildman–Crippen LogP) is 3.37. The van der Waals surface area contributed by atoms with E-state index in [1.165, 1.54) is 24.3 Å². The first-order valence-electron chi connectivity index (χ1n) is 4.95. The monoisotopic (exact) mass is 312 g/mol. The third-order valence-electron chi connectivity index (χ3n) is 2.13. The summed E-state index contributed by atoms with van der Waals surface area (Å²) in [6, 6.07) is 7.74. The molecular weight excluding hydrogens is 306 g/mol. The molecule has 18 heavy (non-hydrogen) atoms. The van der Waals surface area contributed by atoms with Crippen molar-refractivity contribution in [1.29, 1.82) is 0 Å². The summed E-state index contributed by atoms with van der Waals surface area (Å²) < 4.78 is 26.3. The van der Waals surface area contributed by atoms with E-state index in [2.05, 4.69) is 26.2 Å². The number of carbonyl (C=O) groups excluding carboxylic acids is 1. The second-order valence-electron chi connectivity index (χ2n) is 3.42. The van der Waals surface area contributed by atoms with Crippen LogP contribution in [0.3, 0.4) is 0 Å². The van der Waals surface area contributed by atoms with Crippen LogP contribution in [0.25, 0.3) is 0 Å². The van der Waals surface area contributed by atoms with Crippen LogP contribution < -0.4 is 5.32 Å². The van der Waals surface area contributed by atoms with E-state index in [0.29, 0.717) is 4.47 Å². The number of hydrogen-bond acceptors (Lipinski definition) is 2. The van der Waals surface area contributed by atoms with Gasteiger partial charge in [0.15, 0.2) is 0 Å². The van der Waals surface area contributed by atoms with Crippen molar-refractivity contribution < 1.29 is 13.6 Å². The molecule has 0 aliphatic heterocycles. The summed E-state index contributed by atoms with van der Waals surface area (Å²) >= 11 is 3.14. The Morgan fingerprint density at radius 1 is 1.22 bits per heavy atom. The average molecular weight is 313 g/mol. The summed E-state index contributed by atoms with van der Waals surface area (Å²) in [5, 5.41) is 2.38. The van der Waals surface area contributed by atoms with Gasteiger partial charge < -0.3 is 5.32 Å². The van der Waals surface area contributed by atoms with Crippen molar-refractivity contribution in [3.63, 3.8) is 0 Å². The number of halogens is 3. The van der Waals surface area contributed by atoms with E-state index < -0.39 is 17.7 Å². The number of nitrogens with zero attached hydrogens (tertiary/aromatic N) is 1. The number of aromatic nitrogens is 1. The zero-order chi connectivity index (χ0) is 13.1. The van der Waals surface area contributed by atoms with Gasteiger partial charge in [-0.25, -0.2) is 9.37 Å². The lowest BCUT2D eigenvalue weighted by Gasteiger charge is -2.06. The van der Waals surface area contributed by atoms with Crippen molar-refractivity contribution >= 4 is 27.7 Å². The molecule has 0 saturated heterocycles. The fourth-order valence-electron chi connectivity index (χ4n) is 1.33. The number of nitrogens with one attached hydrogen (secondary N) is 1. The topological polar surface area (TPSA) is 42.0 Å². The second-order valence-corrected chi connectivity index (χ2v) is 4.28. The Balaban J connectivity index is 2.24. The molecule has 1 aromatic heterocycles. The molecule has 0 fully saturated rings. The Morgan fingerprint density at radius 3 is 2.72 bits per heavy atom. The highest BCUT2D eigenvalue weighted by atomic mass is 79.9. The van der Waals surface area contributed by atoms with Gasteiger partial charge in [-0.15, -0.1) is 0 Å². The van der Waals surface area contributed by atoms with Crippen LogP contribution in [0, 0.1) is 11.8 Å². The molecule has 0 aliphatic carbocycles. The van der Waals surface area contributed by atoms with E-state index in [-0.39, 0.29) is 11.4 Å². The highest BCUT2D eigenvalue weighted by Crippen LogP contribution is 2.19. The van der Waals surface area contributed by atoms with Gasteiger partial charge in [-0.1, -0.05) is 6.07 Å². The SMILES string of the molecule is O=C(Nc1cccc(F)n1)c1cc(F)ccc1Br. The van der Waals surface area contributed by atoms with Gasteiger partial charge in [0.2, 0.25) is 5.95 Å². The van der Waals surface area contributed by atoms with Gasteiger partial charge in [0.05, 0.1) is 5.56 Å². The largest absolute Gasteiger partial charge is 0.306 e. The van der Waals surface area contributed by atoms with Crippen LogP contribution in [0.5, 0.6) is 0 Å². The van der Waals surface area contributed by atoms with Gasteiger partial charge in [-0.05, 0) is 46.3 Å². The quantitative estimate of drug-likeness (QED) is 0.864. The third kappa shape index (κ3) is 2.89. The molecule has 1 aromatic carbocycles. The standard InChI is InChI=1S/C12H7BrF2N2O/c13-9-5-4-7(14)6-8(9)12(18)17-11-3-1-2-10(15)16-11/h1-6H,(H,16,17,18). The molecular formula is C12H7BrF2N2O. The molecule has 3 nitrogen and oxygen atoms in total. The maximum atomic E-state index is 13.0. The fraction of sp³-hybridized carbons (Fsp3) is 0. The van der Waals surface area contributed by atoms with Gasteiger partial charge in [-0.2, -0.15) is 4.39 Å². The van der Waals surface area contributed by atoms with E-state index >= 15 is 0 Å². The first kappa shape index (κ1) is 12.6. The first-order valence-corrected chi connectivity index (χ1v) is 5.74. The highest BCUT2D eigenvalue weighted by molar-refractivity contribution is 9.10. The molecule has 6 heteroatoms. The Labute approximate surface area is 110 Å². The average Bonchev–Trinajstić information content (AvgIpc) is 2.32. The Morgan fingerprint density at radius 2 is 2.00 bits per heavy atom. The molecule has 92 valence electrons. The minimum absolute atomic E-state index is 0.0659. The maximum Gasteiger partial charge on any atom is 0.258 e. The maximum absolute atomic E-state index is 13.0. The molecule has 1 heterocycles. The molecule has 0 radical (unpaired) electrons. The number of benzene rings is 1. The second kappa shape index (κ2) is 5.22. The van der Waals surface area contributed by atoms with Crippen molar-refractivity contribution in [3.8, 4) is 0 Å². The summed E-state index contributed by atoms with van der Waals surface area (Å²) in [7, 11) is 0. The van der Waals surface area contributed by atoms with Crippen LogP contribution >= 0.6 is 15.9 Å². The molecule has 0 spiro atoms. The molecule has 0 unspecified atom stereocenters. The minimum atomic E-state index is -0.703. The van der Waals surface area contributed by atoms with Crippen molar-refractivity contribution in [1.82, 2.24) is 4.98 Å². The lowest BCUT2D eigenvalue weighted by Crippen LogP contribution is -2.14. The van der Waals surface area contributed by atoms with Gasteiger partial charge in [0, 0.05) is 4.47 Å². The third-order valence-corrected chi connectivity index (χ3v) is 2.82. The van der Waals surface area contributed by atoms with Gasteiger partial charge in [0.1, 0.15) is 11.6 Å². The van der Waals surface area contributed by atoms with Crippen LogP contribution in [0.4, 0.5) is 14.6 Å². The lowest BCUT2D eigenvalue weighted by molar-refractivity contribution is 0.102. The summed E-state index contributed by atoms with van der Waals surface area (Å²) in [6.07, 6.45) is 0. The van der Waals surface area contributed by atoms with E-state index in [1.54, 1.807) is 0 Å². The Kier molecular flexibility index (Phi) is 3.66. The molecule has 1 N–H and O–H groups in total. The van der Waals surface area contributed by atoms with E-state index in [0.717, 1.165) is 12.1 Å². The molecule has 0 aliphatic rings. The fourth-order valence-corrected chi connectivity index (χ4v) is 1.76. The minimum Gasteiger partial charge on any atom is -0.306 e. The Hall–Kier alpha value is -1.82. The predicted molar refractivity (Wildman–Crippen MR) is 66.2 cm³/mol. The summed E-state index contributed by atoms with van der Waals surface area (Å²) in [5.74, 6) is -1.74. The van der Waals surface area contributed by atoms with Crippen molar-refractivity contribution in [3.05, 3.63) is 58.2 Å². The van der Waals surface area contributed by atoms with E-state index in [9.17, 15) is 13.6 Å².